The molecule has 1 aliphatic carbocycles. The highest BCUT2D eigenvalue weighted by Gasteiger charge is 2.20. The molecule has 0 atom stereocenters. The van der Waals surface area contributed by atoms with E-state index in [2.05, 4.69) is 41.8 Å². The fraction of sp³-hybridized carbons (Fsp3) is 0.588. The van der Waals surface area contributed by atoms with Crippen LogP contribution >= 0.6 is 0 Å². The zero-order chi connectivity index (χ0) is 14.4. The van der Waals surface area contributed by atoms with Crippen LogP contribution in [0.25, 0.3) is 0 Å². The molecule has 0 aromatic heterocycles. The van der Waals surface area contributed by atoms with Gasteiger partial charge in [-0.05, 0) is 51.6 Å². The first-order valence-corrected chi connectivity index (χ1v) is 7.69. The van der Waals surface area contributed by atoms with E-state index in [0.717, 1.165) is 19.3 Å². The van der Waals surface area contributed by atoms with Crippen molar-refractivity contribution in [3.63, 3.8) is 0 Å². The van der Waals surface area contributed by atoms with E-state index in [0.29, 0.717) is 18.5 Å². The van der Waals surface area contributed by atoms with Crippen LogP contribution in [-0.2, 0) is 11.2 Å². The van der Waals surface area contributed by atoms with E-state index in [1.807, 2.05) is 7.05 Å². The quantitative estimate of drug-likeness (QED) is 0.866. The van der Waals surface area contributed by atoms with Gasteiger partial charge in [0, 0.05) is 18.5 Å². The molecule has 1 amide bonds. The van der Waals surface area contributed by atoms with Crippen LogP contribution in [0.4, 0.5) is 0 Å². The van der Waals surface area contributed by atoms with Crippen LogP contribution in [0.15, 0.2) is 24.3 Å². The van der Waals surface area contributed by atoms with Crippen molar-refractivity contribution in [3.8, 4) is 0 Å². The van der Waals surface area contributed by atoms with E-state index in [4.69, 9.17) is 0 Å². The highest BCUT2D eigenvalue weighted by atomic mass is 16.1. The Bertz CT molecular complexity index is 419. The van der Waals surface area contributed by atoms with Crippen LogP contribution in [0, 0.1) is 6.92 Å². The number of hydrogen-bond donors (Lipinski definition) is 2. The molecule has 0 saturated heterocycles. The smallest absolute Gasteiger partial charge is 0.220 e. The molecule has 1 aromatic rings. The third kappa shape index (κ3) is 4.64. The van der Waals surface area contributed by atoms with Gasteiger partial charge in [-0.15, -0.1) is 0 Å². The van der Waals surface area contributed by atoms with Crippen molar-refractivity contribution < 1.29 is 4.79 Å². The average molecular weight is 274 g/mol. The lowest BCUT2D eigenvalue weighted by Gasteiger charge is -2.28. The highest BCUT2D eigenvalue weighted by molar-refractivity contribution is 5.76. The summed E-state index contributed by atoms with van der Waals surface area (Å²) >= 11 is 0. The first-order valence-electron chi connectivity index (χ1n) is 7.69. The fourth-order valence-electron chi connectivity index (χ4n) is 2.84. The Morgan fingerprint density at radius 3 is 2.30 bits per heavy atom. The lowest BCUT2D eigenvalue weighted by atomic mass is 9.91. The number of carbonyl (C=O) groups is 1. The van der Waals surface area contributed by atoms with E-state index in [1.54, 1.807) is 0 Å². The maximum Gasteiger partial charge on any atom is 0.220 e. The van der Waals surface area contributed by atoms with Crippen LogP contribution in [0.2, 0.25) is 0 Å². The lowest BCUT2D eigenvalue weighted by Crippen LogP contribution is -2.41. The van der Waals surface area contributed by atoms with Gasteiger partial charge in [0.2, 0.25) is 5.91 Å². The predicted octanol–water partition coefficient (Wildman–Crippen LogP) is 2.57. The van der Waals surface area contributed by atoms with Crippen LogP contribution in [-0.4, -0.2) is 25.0 Å². The molecule has 1 aliphatic rings. The fourth-order valence-corrected chi connectivity index (χ4v) is 2.84. The summed E-state index contributed by atoms with van der Waals surface area (Å²) in [6.45, 7) is 2.08. The summed E-state index contributed by atoms with van der Waals surface area (Å²) in [5.74, 6) is 0.193. The summed E-state index contributed by atoms with van der Waals surface area (Å²) in [4.78, 5) is 12.0. The molecule has 1 aromatic carbocycles. The normalized spacial score (nSPS) is 22.5. The standard InChI is InChI=1S/C17H26N2O/c1-13-3-5-14(6-4-13)7-12-17(20)19-16-10-8-15(18-2)9-11-16/h3-6,15-16,18H,7-12H2,1-2H3,(H,19,20). The second kappa shape index (κ2) is 7.44. The number of rotatable bonds is 5. The molecule has 0 aliphatic heterocycles. The number of carbonyl (C=O) groups excluding carboxylic acids is 1. The van der Waals surface area contributed by atoms with Gasteiger partial charge in [0.25, 0.3) is 0 Å². The van der Waals surface area contributed by atoms with E-state index in [1.165, 1.54) is 24.0 Å². The molecule has 0 radical (unpaired) electrons. The summed E-state index contributed by atoms with van der Waals surface area (Å²) in [7, 11) is 2.02. The largest absolute Gasteiger partial charge is 0.353 e. The lowest BCUT2D eigenvalue weighted by molar-refractivity contribution is -0.122. The molecular weight excluding hydrogens is 248 g/mol. The second-order valence-electron chi connectivity index (χ2n) is 5.89. The van der Waals surface area contributed by atoms with Gasteiger partial charge < -0.3 is 10.6 Å². The molecule has 3 nitrogen and oxygen atoms in total. The van der Waals surface area contributed by atoms with Gasteiger partial charge in [0.05, 0.1) is 0 Å². The maximum absolute atomic E-state index is 12.0. The first-order chi connectivity index (χ1) is 9.67. The van der Waals surface area contributed by atoms with E-state index in [9.17, 15) is 4.79 Å². The Labute approximate surface area is 122 Å². The average Bonchev–Trinajstić information content (AvgIpc) is 2.47. The number of benzene rings is 1. The van der Waals surface area contributed by atoms with Gasteiger partial charge in [0.15, 0.2) is 0 Å². The number of amides is 1. The van der Waals surface area contributed by atoms with Crippen LogP contribution in [0.3, 0.4) is 0 Å². The van der Waals surface area contributed by atoms with Crippen LogP contribution < -0.4 is 10.6 Å². The summed E-state index contributed by atoms with van der Waals surface area (Å²) < 4.78 is 0. The maximum atomic E-state index is 12.0. The predicted molar refractivity (Wildman–Crippen MR) is 82.7 cm³/mol. The minimum absolute atomic E-state index is 0.193. The van der Waals surface area contributed by atoms with Gasteiger partial charge in [0.1, 0.15) is 0 Å². The molecule has 0 bridgehead atoms. The van der Waals surface area contributed by atoms with Crippen LogP contribution in [0.1, 0.15) is 43.2 Å². The summed E-state index contributed by atoms with van der Waals surface area (Å²) in [5.41, 5.74) is 2.50. The topological polar surface area (TPSA) is 41.1 Å². The second-order valence-corrected chi connectivity index (χ2v) is 5.89. The summed E-state index contributed by atoms with van der Waals surface area (Å²) in [5, 5.41) is 6.49. The Morgan fingerprint density at radius 1 is 1.10 bits per heavy atom. The van der Waals surface area contributed by atoms with Crippen molar-refractivity contribution in [2.24, 2.45) is 0 Å². The molecule has 0 heterocycles. The number of nitrogens with one attached hydrogen (secondary N) is 2. The number of hydrogen-bond acceptors (Lipinski definition) is 2. The van der Waals surface area contributed by atoms with Crippen molar-refractivity contribution in [3.05, 3.63) is 35.4 Å². The SMILES string of the molecule is CNC1CCC(NC(=O)CCc2ccc(C)cc2)CC1. The van der Waals surface area contributed by atoms with Gasteiger partial charge in [-0.1, -0.05) is 29.8 Å². The van der Waals surface area contributed by atoms with Gasteiger partial charge in [-0.25, -0.2) is 0 Å². The summed E-state index contributed by atoms with van der Waals surface area (Å²) in [6, 6.07) is 9.45. The Hall–Kier alpha value is -1.35. The minimum Gasteiger partial charge on any atom is -0.353 e. The monoisotopic (exact) mass is 274 g/mol. The molecule has 1 fully saturated rings. The van der Waals surface area contributed by atoms with Crippen LogP contribution in [0.5, 0.6) is 0 Å². The van der Waals surface area contributed by atoms with E-state index in [-0.39, 0.29) is 5.91 Å². The van der Waals surface area contributed by atoms with Crippen molar-refractivity contribution in [1.29, 1.82) is 0 Å². The van der Waals surface area contributed by atoms with Crippen molar-refractivity contribution in [2.75, 3.05) is 7.05 Å². The van der Waals surface area contributed by atoms with Crippen molar-refractivity contribution >= 4 is 5.91 Å². The Morgan fingerprint density at radius 2 is 1.70 bits per heavy atom. The zero-order valence-corrected chi connectivity index (χ0v) is 12.6. The molecular formula is C17H26N2O. The first kappa shape index (κ1) is 15.0. The third-order valence-electron chi connectivity index (χ3n) is 4.26. The summed E-state index contributed by atoms with van der Waals surface area (Å²) in [6.07, 6.45) is 5.95. The van der Waals surface area contributed by atoms with Gasteiger partial charge >= 0.3 is 0 Å². The molecule has 110 valence electrons. The minimum atomic E-state index is 0.193. The van der Waals surface area contributed by atoms with Crippen molar-refractivity contribution in [1.82, 2.24) is 10.6 Å². The molecule has 2 N–H and O–H groups in total. The van der Waals surface area contributed by atoms with Gasteiger partial charge in [-0.3, -0.25) is 4.79 Å². The molecule has 0 unspecified atom stereocenters. The molecule has 0 spiro atoms. The van der Waals surface area contributed by atoms with E-state index >= 15 is 0 Å². The molecule has 20 heavy (non-hydrogen) atoms. The van der Waals surface area contributed by atoms with Gasteiger partial charge in [-0.2, -0.15) is 0 Å². The number of aryl methyl sites for hydroxylation is 2. The van der Waals surface area contributed by atoms with Crippen molar-refractivity contribution in [2.45, 2.75) is 57.5 Å². The molecule has 2 rings (SSSR count). The third-order valence-corrected chi connectivity index (χ3v) is 4.26. The Balaban J connectivity index is 1.69. The Kier molecular flexibility index (Phi) is 5.60. The molecule has 3 heteroatoms. The van der Waals surface area contributed by atoms with E-state index < -0.39 is 0 Å². The highest BCUT2D eigenvalue weighted by Crippen LogP contribution is 2.18. The molecule has 1 saturated carbocycles. The zero-order valence-electron chi connectivity index (χ0n) is 12.6.